The SMILES string of the molecule is CC(O)CC(C)O.Cc1ccc(-n2c(-c3[c-]cc(F)cc3)nnc2-c2ccc(F)cc2)cc1.[Ir]. The largest absolute Gasteiger partial charge is 0.393 e. The Kier molecular flexibility index (Phi) is 10.2. The van der Waals surface area contributed by atoms with Crippen LogP contribution in [0.5, 0.6) is 0 Å². The fraction of sp³-hybridized carbons (Fsp3) is 0.231. The Morgan fingerprint density at radius 3 is 1.88 bits per heavy atom. The zero-order chi connectivity index (χ0) is 24.0. The molecule has 0 aliphatic carbocycles. The van der Waals surface area contributed by atoms with Crippen molar-refractivity contribution in [3.63, 3.8) is 0 Å². The minimum Gasteiger partial charge on any atom is -0.393 e. The van der Waals surface area contributed by atoms with Gasteiger partial charge < -0.3 is 14.8 Å². The van der Waals surface area contributed by atoms with Crippen LogP contribution in [0.1, 0.15) is 25.8 Å². The van der Waals surface area contributed by atoms with Crippen LogP contribution in [0.4, 0.5) is 8.78 Å². The van der Waals surface area contributed by atoms with Crippen LogP contribution < -0.4 is 0 Å². The van der Waals surface area contributed by atoms with Crippen molar-refractivity contribution in [2.45, 2.75) is 39.4 Å². The molecule has 1 radical (unpaired) electrons. The van der Waals surface area contributed by atoms with E-state index in [1.54, 1.807) is 32.0 Å². The first-order chi connectivity index (χ1) is 15.7. The van der Waals surface area contributed by atoms with Crippen LogP contribution in [0.25, 0.3) is 28.5 Å². The fourth-order valence-electron chi connectivity index (χ4n) is 3.22. The number of halogens is 2. The first-order valence-corrected chi connectivity index (χ1v) is 10.6. The second-order valence-corrected chi connectivity index (χ2v) is 7.88. The van der Waals surface area contributed by atoms with E-state index in [1.807, 2.05) is 35.8 Å². The van der Waals surface area contributed by atoms with Gasteiger partial charge >= 0.3 is 0 Å². The predicted molar refractivity (Wildman–Crippen MR) is 124 cm³/mol. The van der Waals surface area contributed by atoms with Gasteiger partial charge in [-0.1, -0.05) is 17.7 Å². The first kappa shape index (κ1) is 27.5. The molecule has 2 unspecified atom stereocenters. The molecule has 0 spiro atoms. The van der Waals surface area contributed by atoms with Gasteiger partial charge in [-0.25, -0.2) is 4.39 Å². The van der Waals surface area contributed by atoms with Crippen LogP contribution in [0.3, 0.4) is 0 Å². The Balaban J connectivity index is 0.000000449. The number of aryl methyl sites for hydroxylation is 1. The molecule has 0 amide bonds. The van der Waals surface area contributed by atoms with Crippen LogP contribution in [0, 0.1) is 24.6 Å². The van der Waals surface area contributed by atoms with E-state index < -0.39 is 0 Å². The van der Waals surface area contributed by atoms with Gasteiger partial charge in [-0.2, -0.15) is 5.10 Å². The summed E-state index contributed by atoms with van der Waals surface area (Å²) in [6, 6.07) is 21.1. The summed E-state index contributed by atoms with van der Waals surface area (Å²) in [4.78, 5) is 0. The van der Waals surface area contributed by atoms with Gasteiger partial charge in [-0.3, -0.25) is 4.39 Å². The molecular formula is C26H26F2IrN3O2-. The average Bonchev–Trinajstić information content (AvgIpc) is 3.20. The van der Waals surface area contributed by atoms with Crippen LogP contribution in [-0.4, -0.2) is 37.2 Å². The topological polar surface area (TPSA) is 71.2 Å². The van der Waals surface area contributed by atoms with E-state index in [1.165, 1.54) is 24.3 Å². The molecule has 0 bridgehead atoms. The molecule has 5 nitrogen and oxygen atoms in total. The standard InChI is InChI=1S/C21H14F2N3.C5H12O2.Ir/c1-14-2-12-19(13-3-14)26-20(15-4-8-17(22)9-5-15)24-25-21(26)16-6-10-18(23)11-7-16;1-4(6)3-5(2)7;/h2-6,8-13H,1H3;4-7H,3H2,1-2H3;/q-1;;. The van der Waals surface area contributed by atoms with Crippen molar-refractivity contribution in [2.24, 2.45) is 0 Å². The van der Waals surface area contributed by atoms with Crippen LogP contribution in [-0.2, 0) is 20.1 Å². The number of rotatable bonds is 5. The van der Waals surface area contributed by atoms with E-state index in [2.05, 4.69) is 16.3 Å². The molecule has 2 atom stereocenters. The summed E-state index contributed by atoms with van der Waals surface area (Å²) in [5, 5.41) is 25.7. The van der Waals surface area contributed by atoms with Gasteiger partial charge in [0.2, 0.25) is 0 Å². The fourth-order valence-corrected chi connectivity index (χ4v) is 3.22. The Morgan fingerprint density at radius 1 is 0.824 bits per heavy atom. The van der Waals surface area contributed by atoms with Crippen molar-refractivity contribution in [3.05, 3.63) is 90.0 Å². The van der Waals surface area contributed by atoms with E-state index in [-0.39, 0.29) is 43.9 Å². The van der Waals surface area contributed by atoms with Gasteiger partial charge in [0.05, 0.1) is 18.0 Å². The summed E-state index contributed by atoms with van der Waals surface area (Å²) >= 11 is 0. The first-order valence-electron chi connectivity index (χ1n) is 10.6. The number of benzene rings is 3. The second kappa shape index (κ2) is 12.6. The third kappa shape index (κ3) is 7.37. The molecule has 3 aromatic carbocycles. The summed E-state index contributed by atoms with van der Waals surface area (Å²) in [6.45, 7) is 5.32. The van der Waals surface area contributed by atoms with E-state index in [0.717, 1.165) is 16.8 Å². The number of aromatic nitrogens is 3. The van der Waals surface area contributed by atoms with Crippen LogP contribution in [0.15, 0.2) is 66.7 Å². The summed E-state index contributed by atoms with van der Waals surface area (Å²) in [5.74, 6) is 0.422. The maximum Gasteiger partial charge on any atom is 0.159 e. The molecule has 1 heterocycles. The molecular weight excluding hydrogens is 617 g/mol. The second-order valence-electron chi connectivity index (χ2n) is 7.88. The molecule has 0 saturated carbocycles. The van der Waals surface area contributed by atoms with Crippen molar-refractivity contribution in [2.75, 3.05) is 0 Å². The van der Waals surface area contributed by atoms with Crippen molar-refractivity contribution in [1.82, 2.24) is 14.8 Å². The van der Waals surface area contributed by atoms with E-state index >= 15 is 0 Å². The number of aliphatic hydroxyl groups excluding tert-OH is 2. The van der Waals surface area contributed by atoms with Crippen LogP contribution in [0.2, 0.25) is 0 Å². The molecule has 4 rings (SSSR count). The van der Waals surface area contributed by atoms with Crippen molar-refractivity contribution in [3.8, 4) is 28.5 Å². The van der Waals surface area contributed by atoms with Gasteiger partial charge in [0.1, 0.15) is 5.82 Å². The summed E-state index contributed by atoms with van der Waals surface area (Å²) < 4.78 is 28.4. The molecule has 181 valence electrons. The number of hydrogen-bond acceptors (Lipinski definition) is 4. The Labute approximate surface area is 211 Å². The molecule has 0 saturated heterocycles. The van der Waals surface area contributed by atoms with Gasteiger partial charge in [0, 0.05) is 37.2 Å². The predicted octanol–water partition coefficient (Wildman–Crippen LogP) is 5.12. The van der Waals surface area contributed by atoms with Crippen LogP contribution >= 0.6 is 0 Å². The number of nitrogens with zero attached hydrogens (tertiary/aromatic N) is 3. The van der Waals surface area contributed by atoms with Crippen molar-refractivity contribution in [1.29, 1.82) is 0 Å². The molecule has 1 aromatic heterocycles. The maximum absolute atomic E-state index is 13.3. The summed E-state index contributed by atoms with van der Waals surface area (Å²) in [5.41, 5.74) is 3.33. The zero-order valence-electron chi connectivity index (χ0n) is 19.0. The minimum absolute atomic E-state index is 0. The molecule has 0 aliphatic heterocycles. The van der Waals surface area contributed by atoms with Gasteiger partial charge in [0.15, 0.2) is 5.82 Å². The molecule has 2 N–H and O–H groups in total. The van der Waals surface area contributed by atoms with Gasteiger partial charge in [-0.05, 0) is 63.6 Å². The summed E-state index contributed by atoms with van der Waals surface area (Å²) in [7, 11) is 0. The Morgan fingerprint density at radius 2 is 1.38 bits per heavy atom. The number of hydrogen-bond donors (Lipinski definition) is 2. The molecule has 34 heavy (non-hydrogen) atoms. The van der Waals surface area contributed by atoms with Gasteiger partial charge in [-0.15, -0.1) is 34.9 Å². The molecule has 0 fully saturated rings. The third-order valence-corrected chi connectivity index (χ3v) is 4.76. The van der Waals surface area contributed by atoms with Crippen molar-refractivity contribution >= 4 is 0 Å². The molecule has 4 aromatic rings. The zero-order valence-corrected chi connectivity index (χ0v) is 21.4. The molecule has 0 aliphatic rings. The summed E-state index contributed by atoms with van der Waals surface area (Å²) in [6.07, 6.45) is -0.278. The van der Waals surface area contributed by atoms with E-state index in [9.17, 15) is 8.78 Å². The third-order valence-electron chi connectivity index (χ3n) is 4.76. The molecule has 8 heteroatoms. The normalized spacial score (nSPS) is 12.2. The Bertz CT molecular complexity index is 1090. The van der Waals surface area contributed by atoms with Crippen molar-refractivity contribution < 1.29 is 39.1 Å². The Hall–Kier alpha value is -2.77. The number of aliphatic hydroxyl groups is 2. The monoisotopic (exact) mass is 643 g/mol. The quantitative estimate of drug-likeness (QED) is 0.297. The van der Waals surface area contributed by atoms with E-state index in [0.29, 0.717) is 23.6 Å². The average molecular weight is 643 g/mol. The van der Waals surface area contributed by atoms with E-state index in [4.69, 9.17) is 10.2 Å². The minimum atomic E-state index is -0.375. The van der Waals surface area contributed by atoms with Gasteiger partial charge in [0.25, 0.3) is 0 Å². The smallest absolute Gasteiger partial charge is 0.159 e. The maximum atomic E-state index is 13.3.